The quantitative estimate of drug-likeness (QED) is 0.718. The van der Waals surface area contributed by atoms with E-state index in [1.54, 1.807) is 12.1 Å². The molecule has 12 heavy (non-hydrogen) atoms. The smallest absolute Gasteiger partial charge is 0.135 e. The van der Waals surface area contributed by atoms with Crippen molar-refractivity contribution in [3.8, 4) is 5.75 Å². The van der Waals surface area contributed by atoms with E-state index >= 15 is 0 Å². The van der Waals surface area contributed by atoms with Crippen molar-refractivity contribution in [1.29, 1.82) is 0 Å². The monoisotopic (exact) mass is 188 g/mol. The number of phenolic OH excluding ortho intramolecular Hbond substituents is 1. The summed E-state index contributed by atoms with van der Waals surface area (Å²) in [7, 11) is 0. The lowest BCUT2D eigenvalue weighted by Crippen LogP contribution is -2.09. The van der Waals surface area contributed by atoms with Crippen molar-refractivity contribution in [2.45, 2.75) is 19.5 Å². The molecule has 1 aromatic rings. The highest BCUT2D eigenvalue weighted by Gasteiger charge is 2.25. The van der Waals surface area contributed by atoms with Gasteiger partial charge in [0.1, 0.15) is 11.4 Å². The molecule has 0 aliphatic carbocycles. The number of phenols is 1. The van der Waals surface area contributed by atoms with Gasteiger partial charge in [-0.15, -0.1) is 0 Å². The van der Waals surface area contributed by atoms with Gasteiger partial charge < -0.3 is 5.11 Å². The minimum absolute atomic E-state index is 0.102. The highest BCUT2D eigenvalue weighted by atomic mass is 35.5. The van der Waals surface area contributed by atoms with Crippen molar-refractivity contribution in [1.82, 2.24) is 0 Å². The van der Waals surface area contributed by atoms with Crippen LogP contribution in [-0.2, 0) is 5.67 Å². The number of hydrogen-bond donors (Lipinski definition) is 1. The molecule has 0 spiro atoms. The fourth-order valence-corrected chi connectivity index (χ4v) is 1.50. The summed E-state index contributed by atoms with van der Waals surface area (Å²) in [6.07, 6.45) is 0. The largest absolute Gasteiger partial charge is 0.507 e. The van der Waals surface area contributed by atoms with Crippen LogP contribution in [0.2, 0.25) is 5.02 Å². The van der Waals surface area contributed by atoms with E-state index in [1.165, 1.54) is 19.9 Å². The number of aromatic hydroxyl groups is 1. The van der Waals surface area contributed by atoms with Gasteiger partial charge in [0.25, 0.3) is 0 Å². The molecule has 0 amide bonds. The Morgan fingerprint density at radius 3 is 2.33 bits per heavy atom. The van der Waals surface area contributed by atoms with Crippen molar-refractivity contribution in [3.05, 3.63) is 28.8 Å². The molecule has 0 aromatic heterocycles. The lowest BCUT2D eigenvalue weighted by atomic mass is 9.99. The molecule has 0 saturated carbocycles. The van der Waals surface area contributed by atoms with Gasteiger partial charge in [0.05, 0.1) is 5.02 Å². The predicted molar refractivity (Wildman–Crippen MR) is 47.3 cm³/mol. The maximum Gasteiger partial charge on any atom is 0.135 e. The van der Waals surface area contributed by atoms with Crippen molar-refractivity contribution in [2.75, 3.05) is 0 Å². The second-order valence-electron chi connectivity index (χ2n) is 3.11. The van der Waals surface area contributed by atoms with E-state index in [1.807, 2.05) is 0 Å². The minimum atomic E-state index is -1.61. The first-order valence-electron chi connectivity index (χ1n) is 3.60. The molecule has 66 valence electrons. The Balaban J connectivity index is 3.31. The standard InChI is InChI=1S/C9H10ClFO/c1-9(2,11)8-6(10)4-3-5-7(8)12/h3-5,12H,1-2H3. The van der Waals surface area contributed by atoms with Crippen LogP contribution in [0.1, 0.15) is 19.4 Å². The van der Waals surface area contributed by atoms with Crippen molar-refractivity contribution < 1.29 is 9.50 Å². The van der Waals surface area contributed by atoms with E-state index in [2.05, 4.69) is 0 Å². The van der Waals surface area contributed by atoms with Gasteiger partial charge in [-0.05, 0) is 26.0 Å². The Morgan fingerprint density at radius 1 is 1.42 bits per heavy atom. The summed E-state index contributed by atoms with van der Waals surface area (Å²) in [5, 5.41) is 9.55. The normalized spacial score (nSPS) is 11.7. The van der Waals surface area contributed by atoms with Crippen LogP contribution in [-0.4, -0.2) is 5.11 Å². The molecular formula is C9H10ClFO. The molecule has 3 heteroatoms. The highest BCUT2D eigenvalue weighted by Crippen LogP contribution is 2.37. The Hall–Kier alpha value is -0.760. The summed E-state index contributed by atoms with van der Waals surface area (Å²) >= 11 is 5.71. The summed E-state index contributed by atoms with van der Waals surface area (Å²) in [6, 6.07) is 4.55. The van der Waals surface area contributed by atoms with Gasteiger partial charge in [0.2, 0.25) is 0 Å². The minimum Gasteiger partial charge on any atom is -0.507 e. The third-order valence-electron chi connectivity index (χ3n) is 1.59. The molecule has 0 aliphatic heterocycles. The van der Waals surface area contributed by atoms with Crippen LogP contribution in [0.25, 0.3) is 0 Å². The third-order valence-corrected chi connectivity index (χ3v) is 1.90. The first-order valence-corrected chi connectivity index (χ1v) is 3.97. The van der Waals surface area contributed by atoms with Crippen LogP contribution in [0.15, 0.2) is 18.2 Å². The van der Waals surface area contributed by atoms with Gasteiger partial charge in [-0.1, -0.05) is 17.7 Å². The summed E-state index contributed by atoms with van der Waals surface area (Å²) in [4.78, 5) is 0. The molecule has 0 atom stereocenters. The topological polar surface area (TPSA) is 20.2 Å². The second-order valence-corrected chi connectivity index (χ2v) is 3.51. The molecule has 1 aromatic carbocycles. The summed E-state index contributed by atoms with van der Waals surface area (Å²) in [5.41, 5.74) is -1.46. The lowest BCUT2D eigenvalue weighted by Gasteiger charge is -2.17. The van der Waals surface area contributed by atoms with Gasteiger partial charge in [0.15, 0.2) is 0 Å². The Labute approximate surface area is 75.8 Å². The molecule has 1 rings (SSSR count). The zero-order valence-corrected chi connectivity index (χ0v) is 7.69. The molecule has 1 N–H and O–H groups in total. The first-order chi connectivity index (χ1) is 5.43. The molecule has 0 saturated heterocycles. The van der Waals surface area contributed by atoms with E-state index in [0.29, 0.717) is 0 Å². The summed E-state index contributed by atoms with van der Waals surface area (Å²) in [6.45, 7) is 2.71. The Bertz CT molecular complexity index is 271. The van der Waals surface area contributed by atoms with E-state index in [4.69, 9.17) is 11.6 Å². The molecule has 0 bridgehead atoms. The Kier molecular flexibility index (Phi) is 2.29. The van der Waals surface area contributed by atoms with Gasteiger partial charge in [-0.2, -0.15) is 0 Å². The number of rotatable bonds is 1. The van der Waals surface area contributed by atoms with Crippen LogP contribution in [0, 0.1) is 0 Å². The van der Waals surface area contributed by atoms with E-state index in [-0.39, 0.29) is 16.3 Å². The van der Waals surface area contributed by atoms with E-state index < -0.39 is 5.67 Å². The SMILES string of the molecule is CC(C)(F)c1c(O)cccc1Cl. The number of benzene rings is 1. The molecule has 1 nitrogen and oxygen atoms in total. The third kappa shape index (κ3) is 1.69. The van der Waals surface area contributed by atoms with Crippen molar-refractivity contribution in [2.24, 2.45) is 0 Å². The summed E-state index contributed by atoms with van der Waals surface area (Å²) in [5.74, 6) is -0.102. The molecule has 0 radical (unpaired) electrons. The number of alkyl halides is 1. The van der Waals surface area contributed by atoms with Gasteiger partial charge >= 0.3 is 0 Å². The zero-order chi connectivity index (χ0) is 9.35. The maximum absolute atomic E-state index is 13.4. The molecule has 0 heterocycles. The molecule has 0 unspecified atom stereocenters. The fourth-order valence-electron chi connectivity index (χ4n) is 1.10. The highest BCUT2D eigenvalue weighted by molar-refractivity contribution is 6.31. The predicted octanol–water partition coefficient (Wildman–Crippen LogP) is 3.25. The van der Waals surface area contributed by atoms with Gasteiger partial charge in [0, 0.05) is 5.56 Å². The van der Waals surface area contributed by atoms with Crippen LogP contribution >= 0.6 is 11.6 Å². The van der Waals surface area contributed by atoms with Crippen molar-refractivity contribution in [3.63, 3.8) is 0 Å². The van der Waals surface area contributed by atoms with Crippen LogP contribution < -0.4 is 0 Å². The Morgan fingerprint density at radius 2 is 2.00 bits per heavy atom. The van der Waals surface area contributed by atoms with Crippen LogP contribution in [0.3, 0.4) is 0 Å². The zero-order valence-electron chi connectivity index (χ0n) is 6.94. The van der Waals surface area contributed by atoms with Crippen LogP contribution in [0.4, 0.5) is 4.39 Å². The van der Waals surface area contributed by atoms with E-state index in [0.717, 1.165) is 0 Å². The average molecular weight is 189 g/mol. The molecular weight excluding hydrogens is 179 g/mol. The summed E-state index contributed by atoms with van der Waals surface area (Å²) < 4.78 is 13.4. The van der Waals surface area contributed by atoms with E-state index in [9.17, 15) is 9.50 Å². The van der Waals surface area contributed by atoms with Crippen molar-refractivity contribution >= 4 is 11.6 Å². The second kappa shape index (κ2) is 2.94. The lowest BCUT2D eigenvalue weighted by molar-refractivity contribution is 0.215. The fraction of sp³-hybridized carbons (Fsp3) is 0.333. The van der Waals surface area contributed by atoms with Crippen LogP contribution in [0.5, 0.6) is 5.75 Å². The molecule has 0 fully saturated rings. The van der Waals surface area contributed by atoms with Gasteiger partial charge in [-0.25, -0.2) is 4.39 Å². The average Bonchev–Trinajstić information content (AvgIpc) is 1.82. The first kappa shape index (κ1) is 9.33. The number of hydrogen-bond acceptors (Lipinski definition) is 1. The maximum atomic E-state index is 13.4. The van der Waals surface area contributed by atoms with Gasteiger partial charge in [-0.3, -0.25) is 0 Å². The molecule has 0 aliphatic rings. The number of halogens is 2.